The summed E-state index contributed by atoms with van der Waals surface area (Å²) in [6, 6.07) is 3.98. The van der Waals surface area contributed by atoms with Gasteiger partial charge in [0.2, 0.25) is 5.91 Å². The van der Waals surface area contributed by atoms with Crippen LogP contribution in [0.25, 0.3) is 0 Å². The van der Waals surface area contributed by atoms with E-state index in [9.17, 15) is 14.9 Å². The lowest BCUT2D eigenvalue weighted by atomic mass is 10.1. The van der Waals surface area contributed by atoms with Gasteiger partial charge in [-0.15, -0.1) is 0 Å². The fraction of sp³-hybridized carbons (Fsp3) is 0.462. The van der Waals surface area contributed by atoms with Crippen molar-refractivity contribution >= 4 is 28.9 Å². The van der Waals surface area contributed by atoms with Crippen LogP contribution in [0.4, 0.5) is 11.4 Å². The molecule has 0 atom stereocenters. The highest BCUT2D eigenvalue weighted by Crippen LogP contribution is 2.26. The maximum Gasteiger partial charge on any atom is 0.271 e. The molecule has 0 spiro atoms. The number of hydrogen-bond donors (Lipinski definition) is 1. The Hall–Kier alpha value is -1.62. The second-order valence-corrected chi connectivity index (χ2v) is 4.69. The highest BCUT2D eigenvalue weighted by Gasteiger charge is 2.11. The minimum absolute atomic E-state index is 0.0920. The second kappa shape index (κ2) is 7.74. The molecule has 0 aliphatic heterocycles. The smallest absolute Gasteiger partial charge is 0.271 e. The molecule has 0 radical (unpaired) electrons. The third-order valence-corrected chi connectivity index (χ3v) is 3.02. The lowest BCUT2D eigenvalue weighted by molar-refractivity contribution is -0.384. The lowest BCUT2D eigenvalue weighted by Gasteiger charge is -2.07. The molecule has 0 bridgehead atoms. The summed E-state index contributed by atoms with van der Waals surface area (Å²) in [6.07, 6.45) is 4.43. The number of anilines is 1. The average molecular weight is 285 g/mol. The zero-order valence-electron chi connectivity index (χ0n) is 10.8. The molecule has 1 amide bonds. The number of nitro benzene ring substituents is 1. The fourth-order valence-corrected chi connectivity index (χ4v) is 1.81. The molecule has 1 rings (SSSR count). The van der Waals surface area contributed by atoms with Gasteiger partial charge in [-0.05, 0) is 12.5 Å². The van der Waals surface area contributed by atoms with Crippen LogP contribution < -0.4 is 5.32 Å². The molecular weight excluding hydrogens is 268 g/mol. The van der Waals surface area contributed by atoms with Gasteiger partial charge in [0, 0.05) is 18.6 Å². The topological polar surface area (TPSA) is 72.2 Å². The molecule has 104 valence electrons. The van der Waals surface area contributed by atoms with Crippen LogP contribution in [0.2, 0.25) is 5.02 Å². The number of halogens is 1. The number of nitrogens with zero attached hydrogens (tertiary/aromatic N) is 1. The molecule has 1 N–H and O–H groups in total. The predicted octanol–water partition coefficient (Wildman–Crippen LogP) is 4.16. The number of hydrogen-bond acceptors (Lipinski definition) is 3. The van der Waals surface area contributed by atoms with E-state index < -0.39 is 4.92 Å². The van der Waals surface area contributed by atoms with Gasteiger partial charge in [-0.1, -0.05) is 37.8 Å². The standard InChI is InChI=1S/C13H17ClN2O3/c1-2-3-4-5-6-13(17)15-12-9-10(16(18)19)7-8-11(12)14/h7-9H,2-6H2,1H3,(H,15,17). The molecule has 1 aromatic rings. The second-order valence-electron chi connectivity index (χ2n) is 4.28. The molecule has 6 heteroatoms. The van der Waals surface area contributed by atoms with Gasteiger partial charge in [-0.2, -0.15) is 0 Å². The lowest BCUT2D eigenvalue weighted by Crippen LogP contribution is -2.11. The first-order valence-electron chi connectivity index (χ1n) is 6.28. The van der Waals surface area contributed by atoms with Crippen LogP contribution in [0.1, 0.15) is 39.0 Å². The monoisotopic (exact) mass is 284 g/mol. The molecule has 0 aliphatic carbocycles. The summed E-state index contributed by atoms with van der Waals surface area (Å²) in [5.74, 6) is -0.168. The highest BCUT2D eigenvalue weighted by molar-refractivity contribution is 6.33. The molecule has 0 fully saturated rings. The predicted molar refractivity (Wildman–Crippen MR) is 75.5 cm³/mol. The van der Waals surface area contributed by atoms with E-state index in [1.54, 1.807) is 0 Å². The van der Waals surface area contributed by atoms with Gasteiger partial charge >= 0.3 is 0 Å². The van der Waals surface area contributed by atoms with Gasteiger partial charge in [-0.3, -0.25) is 14.9 Å². The molecular formula is C13H17ClN2O3. The van der Waals surface area contributed by atoms with Crippen molar-refractivity contribution in [2.45, 2.75) is 39.0 Å². The van der Waals surface area contributed by atoms with Crippen molar-refractivity contribution in [2.24, 2.45) is 0 Å². The van der Waals surface area contributed by atoms with Crippen LogP contribution in [0, 0.1) is 10.1 Å². The van der Waals surface area contributed by atoms with Crippen molar-refractivity contribution in [1.29, 1.82) is 0 Å². The van der Waals surface area contributed by atoms with Crippen molar-refractivity contribution < 1.29 is 9.72 Å². The quantitative estimate of drug-likeness (QED) is 0.464. The number of nitrogens with one attached hydrogen (secondary N) is 1. The maximum absolute atomic E-state index is 11.7. The zero-order chi connectivity index (χ0) is 14.3. The Morgan fingerprint density at radius 2 is 2.11 bits per heavy atom. The van der Waals surface area contributed by atoms with Gasteiger partial charge in [0.15, 0.2) is 0 Å². The minimum atomic E-state index is -0.521. The first-order valence-corrected chi connectivity index (χ1v) is 6.66. The maximum atomic E-state index is 11.7. The Morgan fingerprint density at radius 1 is 1.37 bits per heavy atom. The number of rotatable bonds is 7. The highest BCUT2D eigenvalue weighted by atomic mass is 35.5. The summed E-state index contributed by atoms with van der Waals surface area (Å²) in [4.78, 5) is 21.8. The average Bonchev–Trinajstić information content (AvgIpc) is 2.37. The summed E-state index contributed by atoms with van der Waals surface area (Å²) in [5, 5.41) is 13.5. The Balaban J connectivity index is 2.58. The Bertz CT molecular complexity index is 463. The molecule has 5 nitrogen and oxygen atoms in total. The van der Waals surface area contributed by atoms with E-state index in [2.05, 4.69) is 12.2 Å². The molecule has 0 saturated heterocycles. The van der Waals surface area contributed by atoms with Gasteiger partial charge in [-0.25, -0.2) is 0 Å². The number of carbonyl (C=O) groups is 1. The number of unbranched alkanes of at least 4 members (excludes halogenated alkanes) is 3. The molecule has 19 heavy (non-hydrogen) atoms. The number of carbonyl (C=O) groups excluding carboxylic acids is 1. The number of benzene rings is 1. The van der Waals surface area contributed by atoms with Crippen LogP contribution in [0.5, 0.6) is 0 Å². The van der Waals surface area contributed by atoms with Crippen LogP contribution in [-0.4, -0.2) is 10.8 Å². The first-order chi connectivity index (χ1) is 9.04. The van der Waals surface area contributed by atoms with Crippen molar-refractivity contribution in [3.05, 3.63) is 33.3 Å². The molecule has 0 heterocycles. The first kappa shape index (κ1) is 15.4. The van der Waals surface area contributed by atoms with Gasteiger partial charge in [0.05, 0.1) is 15.6 Å². The third-order valence-electron chi connectivity index (χ3n) is 2.69. The van der Waals surface area contributed by atoms with E-state index in [1.165, 1.54) is 18.2 Å². The van der Waals surface area contributed by atoms with Gasteiger partial charge in [0.25, 0.3) is 5.69 Å². The van der Waals surface area contributed by atoms with Crippen LogP contribution in [0.15, 0.2) is 18.2 Å². The van der Waals surface area contributed by atoms with Crippen molar-refractivity contribution in [1.82, 2.24) is 0 Å². The summed E-state index contributed by atoms with van der Waals surface area (Å²) >= 11 is 5.89. The molecule has 0 saturated carbocycles. The Labute approximate surface area is 117 Å². The van der Waals surface area contributed by atoms with Crippen LogP contribution >= 0.6 is 11.6 Å². The van der Waals surface area contributed by atoms with Crippen molar-refractivity contribution in [3.8, 4) is 0 Å². The van der Waals surface area contributed by atoms with E-state index in [-0.39, 0.29) is 17.3 Å². The van der Waals surface area contributed by atoms with E-state index in [4.69, 9.17) is 11.6 Å². The van der Waals surface area contributed by atoms with Crippen LogP contribution in [-0.2, 0) is 4.79 Å². The summed E-state index contributed by atoms with van der Waals surface area (Å²) in [5.41, 5.74) is 0.196. The summed E-state index contributed by atoms with van der Waals surface area (Å²) in [7, 11) is 0. The van der Waals surface area contributed by atoms with E-state index >= 15 is 0 Å². The zero-order valence-corrected chi connectivity index (χ0v) is 11.6. The third kappa shape index (κ3) is 5.26. The normalized spacial score (nSPS) is 10.2. The SMILES string of the molecule is CCCCCCC(=O)Nc1cc([N+](=O)[O-])ccc1Cl. The van der Waals surface area contributed by atoms with Crippen molar-refractivity contribution in [3.63, 3.8) is 0 Å². The van der Waals surface area contributed by atoms with Gasteiger partial charge < -0.3 is 5.32 Å². The molecule has 0 aliphatic rings. The van der Waals surface area contributed by atoms with Crippen molar-refractivity contribution in [2.75, 3.05) is 5.32 Å². The minimum Gasteiger partial charge on any atom is -0.325 e. The van der Waals surface area contributed by atoms with E-state index in [1.807, 2.05) is 0 Å². The number of amides is 1. The van der Waals surface area contributed by atoms with E-state index in [0.717, 1.165) is 25.7 Å². The largest absolute Gasteiger partial charge is 0.325 e. The molecule has 0 unspecified atom stereocenters. The van der Waals surface area contributed by atoms with Crippen LogP contribution in [0.3, 0.4) is 0 Å². The fourth-order valence-electron chi connectivity index (χ4n) is 1.65. The summed E-state index contributed by atoms with van der Waals surface area (Å²) < 4.78 is 0. The Kier molecular flexibility index (Phi) is 6.29. The van der Waals surface area contributed by atoms with E-state index in [0.29, 0.717) is 11.4 Å². The number of non-ortho nitro benzene ring substituents is 1. The summed E-state index contributed by atoms with van der Waals surface area (Å²) in [6.45, 7) is 2.10. The molecule has 1 aromatic carbocycles. The Morgan fingerprint density at radius 3 is 2.74 bits per heavy atom. The molecule has 0 aromatic heterocycles. The van der Waals surface area contributed by atoms with Gasteiger partial charge in [0.1, 0.15) is 0 Å². The number of nitro groups is 1.